The largest absolute Gasteiger partial charge is 0.395 e. The van der Waals surface area contributed by atoms with Crippen LogP contribution in [0.5, 0.6) is 0 Å². The van der Waals surface area contributed by atoms with Crippen molar-refractivity contribution in [3.05, 3.63) is 0 Å². The predicted molar refractivity (Wildman–Crippen MR) is 67.2 cm³/mol. The van der Waals surface area contributed by atoms with Gasteiger partial charge in [0, 0.05) is 32.8 Å². The monoisotopic (exact) mass is 246 g/mol. The van der Waals surface area contributed by atoms with Gasteiger partial charge in [0.2, 0.25) is 0 Å². The molecule has 1 heterocycles. The first-order chi connectivity index (χ1) is 8.36. The van der Waals surface area contributed by atoms with Gasteiger partial charge in [-0.05, 0) is 19.4 Å². The van der Waals surface area contributed by atoms with E-state index in [-0.39, 0.29) is 6.61 Å². The van der Waals surface area contributed by atoms with E-state index < -0.39 is 0 Å². The topological polar surface area (TPSA) is 54.0 Å². The number of aliphatic hydroxyl groups is 1. The van der Waals surface area contributed by atoms with Gasteiger partial charge in [0.25, 0.3) is 0 Å². The summed E-state index contributed by atoms with van der Waals surface area (Å²) in [4.78, 5) is 2.26. The van der Waals surface area contributed by atoms with Crippen molar-refractivity contribution in [2.75, 3.05) is 59.7 Å². The predicted octanol–water partition coefficient (Wildman–Crippen LogP) is -0.304. The van der Waals surface area contributed by atoms with E-state index >= 15 is 0 Å². The highest BCUT2D eigenvalue weighted by Crippen LogP contribution is 2.06. The zero-order valence-corrected chi connectivity index (χ0v) is 10.9. The number of nitrogens with one attached hydrogen (secondary N) is 1. The van der Waals surface area contributed by atoms with Crippen LogP contribution in [0.1, 0.15) is 12.8 Å². The van der Waals surface area contributed by atoms with Crippen molar-refractivity contribution in [3.8, 4) is 0 Å². The van der Waals surface area contributed by atoms with Gasteiger partial charge in [0.05, 0.1) is 26.4 Å². The number of hydrogen-bond donors (Lipinski definition) is 2. The van der Waals surface area contributed by atoms with E-state index in [9.17, 15) is 0 Å². The van der Waals surface area contributed by atoms with Crippen molar-refractivity contribution in [3.63, 3.8) is 0 Å². The van der Waals surface area contributed by atoms with E-state index in [1.165, 1.54) is 12.8 Å². The third-order valence-corrected chi connectivity index (χ3v) is 3.04. The van der Waals surface area contributed by atoms with Crippen molar-refractivity contribution in [1.29, 1.82) is 0 Å². The van der Waals surface area contributed by atoms with Gasteiger partial charge in [-0.1, -0.05) is 0 Å². The van der Waals surface area contributed by atoms with E-state index in [1.54, 1.807) is 7.11 Å². The van der Waals surface area contributed by atoms with Crippen LogP contribution >= 0.6 is 0 Å². The fourth-order valence-corrected chi connectivity index (χ4v) is 2.10. The molecule has 0 spiro atoms. The highest BCUT2D eigenvalue weighted by Gasteiger charge is 2.17. The summed E-state index contributed by atoms with van der Waals surface area (Å²) < 4.78 is 10.4. The molecule has 1 rings (SSSR count). The summed E-state index contributed by atoms with van der Waals surface area (Å²) in [6.45, 7) is 5.95. The Labute approximate surface area is 104 Å². The quantitative estimate of drug-likeness (QED) is 0.518. The van der Waals surface area contributed by atoms with E-state index in [0.29, 0.717) is 25.9 Å². The molecule has 0 aromatic heterocycles. The van der Waals surface area contributed by atoms with Crippen LogP contribution in [-0.2, 0) is 9.47 Å². The van der Waals surface area contributed by atoms with Gasteiger partial charge in [-0.2, -0.15) is 0 Å². The van der Waals surface area contributed by atoms with Crippen molar-refractivity contribution in [2.45, 2.75) is 18.9 Å². The Balaban J connectivity index is 2.08. The Hall–Kier alpha value is -0.200. The van der Waals surface area contributed by atoms with Crippen LogP contribution in [0.2, 0.25) is 0 Å². The average Bonchev–Trinajstić information content (AvgIpc) is 2.82. The summed E-state index contributed by atoms with van der Waals surface area (Å²) in [7, 11) is 1.67. The lowest BCUT2D eigenvalue weighted by Crippen LogP contribution is -2.40. The molecule has 17 heavy (non-hydrogen) atoms. The maximum Gasteiger partial charge on any atom is 0.0700 e. The second kappa shape index (κ2) is 9.79. The fraction of sp³-hybridized carbons (Fsp3) is 1.00. The molecule has 0 amide bonds. The minimum atomic E-state index is 0.213. The Morgan fingerprint density at radius 1 is 1.29 bits per heavy atom. The minimum Gasteiger partial charge on any atom is -0.395 e. The van der Waals surface area contributed by atoms with Gasteiger partial charge < -0.3 is 19.9 Å². The maximum absolute atomic E-state index is 9.03. The number of rotatable bonds is 10. The smallest absolute Gasteiger partial charge is 0.0700 e. The van der Waals surface area contributed by atoms with Crippen LogP contribution in [0.15, 0.2) is 0 Å². The summed E-state index contributed by atoms with van der Waals surface area (Å²) in [5.41, 5.74) is 0. The molecule has 1 aliphatic heterocycles. The van der Waals surface area contributed by atoms with Gasteiger partial charge >= 0.3 is 0 Å². The minimum absolute atomic E-state index is 0.213. The first-order valence-electron chi connectivity index (χ1n) is 6.50. The average molecular weight is 246 g/mol. The molecule has 1 fully saturated rings. The molecule has 102 valence electrons. The number of ether oxygens (including phenoxy) is 2. The molecule has 0 aromatic carbocycles. The number of aliphatic hydroxyl groups excluding tert-OH is 1. The van der Waals surface area contributed by atoms with Crippen LogP contribution in [0, 0.1) is 0 Å². The van der Waals surface area contributed by atoms with Gasteiger partial charge in [0.15, 0.2) is 0 Å². The van der Waals surface area contributed by atoms with E-state index in [4.69, 9.17) is 14.6 Å². The molecule has 0 bridgehead atoms. The zero-order chi connectivity index (χ0) is 12.3. The van der Waals surface area contributed by atoms with E-state index in [0.717, 1.165) is 26.2 Å². The molecular formula is C12H26N2O3. The molecule has 1 aliphatic rings. The second-order valence-corrected chi connectivity index (χ2v) is 4.42. The Morgan fingerprint density at radius 2 is 2.18 bits per heavy atom. The number of methoxy groups -OCH3 is 1. The van der Waals surface area contributed by atoms with Crippen LogP contribution < -0.4 is 5.32 Å². The van der Waals surface area contributed by atoms with Crippen molar-refractivity contribution < 1.29 is 14.6 Å². The SMILES string of the molecule is COCCOCCN(CCO)CC1CCCN1. The van der Waals surface area contributed by atoms with Crippen molar-refractivity contribution in [1.82, 2.24) is 10.2 Å². The van der Waals surface area contributed by atoms with E-state index in [1.807, 2.05) is 0 Å². The lowest BCUT2D eigenvalue weighted by Gasteiger charge is -2.24. The molecule has 0 aromatic rings. The van der Waals surface area contributed by atoms with Gasteiger partial charge in [-0.3, -0.25) is 4.90 Å². The molecule has 2 N–H and O–H groups in total. The second-order valence-electron chi connectivity index (χ2n) is 4.42. The van der Waals surface area contributed by atoms with Crippen LogP contribution in [-0.4, -0.2) is 75.8 Å². The first-order valence-corrected chi connectivity index (χ1v) is 6.50. The summed E-state index contributed by atoms with van der Waals surface area (Å²) in [6.07, 6.45) is 2.51. The number of hydrogen-bond acceptors (Lipinski definition) is 5. The van der Waals surface area contributed by atoms with Crippen molar-refractivity contribution in [2.24, 2.45) is 0 Å². The standard InChI is InChI=1S/C12H26N2O3/c1-16-9-10-17-8-6-14(5-7-15)11-12-3-2-4-13-12/h12-13,15H,2-11H2,1H3. The molecule has 0 aliphatic carbocycles. The zero-order valence-electron chi connectivity index (χ0n) is 10.9. The molecular weight excluding hydrogens is 220 g/mol. The first kappa shape index (κ1) is 14.9. The highest BCUT2D eigenvalue weighted by atomic mass is 16.5. The molecule has 1 saturated heterocycles. The third kappa shape index (κ3) is 6.95. The molecule has 1 unspecified atom stereocenters. The molecule has 5 nitrogen and oxygen atoms in total. The number of nitrogens with zero attached hydrogens (tertiary/aromatic N) is 1. The summed E-state index contributed by atoms with van der Waals surface area (Å²) >= 11 is 0. The van der Waals surface area contributed by atoms with Crippen molar-refractivity contribution >= 4 is 0 Å². The molecule has 0 saturated carbocycles. The summed E-state index contributed by atoms with van der Waals surface area (Å²) in [5, 5.41) is 12.5. The molecule has 5 heteroatoms. The van der Waals surface area contributed by atoms with Crippen LogP contribution in [0.4, 0.5) is 0 Å². The Kier molecular flexibility index (Phi) is 8.56. The fourth-order valence-electron chi connectivity index (χ4n) is 2.10. The van der Waals surface area contributed by atoms with Gasteiger partial charge in [0.1, 0.15) is 0 Å². The van der Waals surface area contributed by atoms with Crippen LogP contribution in [0.25, 0.3) is 0 Å². The van der Waals surface area contributed by atoms with E-state index in [2.05, 4.69) is 10.2 Å². The lowest BCUT2D eigenvalue weighted by atomic mass is 10.2. The maximum atomic E-state index is 9.03. The molecule has 1 atom stereocenters. The summed E-state index contributed by atoms with van der Waals surface area (Å²) in [6, 6.07) is 0.584. The van der Waals surface area contributed by atoms with Gasteiger partial charge in [-0.15, -0.1) is 0 Å². The summed E-state index contributed by atoms with van der Waals surface area (Å²) in [5.74, 6) is 0. The van der Waals surface area contributed by atoms with Gasteiger partial charge in [-0.25, -0.2) is 0 Å². The van der Waals surface area contributed by atoms with Crippen LogP contribution in [0.3, 0.4) is 0 Å². The molecule has 0 radical (unpaired) electrons. The Bertz CT molecular complexity index is 175. The lowest BCUT2D eigenvalue weighted by molar-refractivity contribution is 0.0530. The normalized spacial score (nSPS) is 20.3. The Morgan fingerprint density at radius 3 is 2.82 bits per heavy atom. The third-order valence-electron chi connectivity index (χ3n) is 3.04. The highest BCUT2D eigenvalue weighted by molar-refractivity contribution is 4.77.